The van der Waals surface area contributed by atoms with Gasteiger partial charge in [-0.2, -0.15) is 0 Å². The topological polar surface area (TPSA) is 55.4 Å². The molecule has 0 saturated heterocycles. The molecular formula is C24H24BrNO3. The molecule has 0 spiro atoms. The van der Waals surface area contributed by atoms with Crippen LogP contribution in [-0.4, -0.2) is 18.3 Å². The van der Waals surface area contributed by atoms with Gasteiger partial charge in [-0.05, 0) is 54.2 Å². The molecule has 2 aromatic carbocycles. The Hall–Kier alpha value is -2.40. The highest BCUT2D eigenvalue weighted by atomic mass is 79.9. The fourth-order valence-corrected chi connectivity index (χ4v) is 4.68. The van der Waals surface area contributed by atoms with Gasteiger partial charge in [0, 0.05) is 34.5 Å². The number of ether oxygens (including phenoxy) is 1. The molecule has 1 heterocycles. The standard InChI is InChI=1S/C24H24BrNO3/c1-2-10-29-19-8-6-15(7-9-19)17-12-21-24(22(27)13-17)20(14-23(28)26-21)16-4-3-5-18(25)11-16/h3-9,11,17,20H,2,10,12-14H2,1H3,(H,26,28). The zero-order valence-electron chi connectivity index (χ0n) is 16.4. The van der Waals surface area contributed by atoms with Gasteiger partial charge in [0.25, 0.3) is 0 Å². The predicted molar refractivity (Wildman–Crippen MR) is 116 cm³/mol. The van der Waals surface area contributed by atoms with Crippen LogP contribution in [0.15, 0.2) is 64.3 Å². The van der Waals surface area contributed by atoms with Crippen LogP contribution in [0.1, 0.15) is 55.6 Å². The SMILES string of the molecule is CCCOc1ccc(C2CC(=O)C3=C(C2)NC(=O)CC3c2cccc(Br)c2)cc1. The van der Waals surface area contributed by atoms with Crippen molar-refractivity contribution in [3.8, 4) is 5.75 Å². The number of amides is 1. The van der Waals surface area contributed by atoms with Crippen LogP contribution in [0.2, 0.25) is 0 Å². The Morgan fingerprint density at radius 3 is 2.55 bits per heavy atom. The Morgan fingerprint density at radius 2 is 1.83 bits per heavy atom. The second-order valence-electron chi connectivity index (χ2n) is 7.70. The van der Waals surface area contributed by atoms with Crippen LogP contribution < -0.4 is 10.1 Å². The molecule has 4 nitrogen and oxygen atoms in total. The third kappa shape index (κ3) is 4.30. The summed E-state index contributed by atoms with van der Waals surface area (Å²) in [7, 11) is 0. The summed E-state index contributed by atoms with van der Waals surface area (Å²) in [4.78, 5) is 25.5. The van der Waals surface area contributed by atoms with Crippen molar-refractivity contribution in [1.82, 2.24) is 5.32 Å². The number of carbonyl (C=O) groups excluding carboxylic acids is 2. The maximum absolute atomic E-state index is 13.2. The van der Waals surface area contributed by atoms with Crippen molar-refractivity contribution < 1.29 is 14.3 Å². The van der Waals surface area contributed by atoms with Crippen LogP contribution in [0.3, 0.4) is 0 Å². The summed E-state index contributed by atoms with van der Waals surface area (Å²) in [6.45, 7) is 2.77. The summed E-state index contributed by atoms with van der Waals surface area (Å²) in [6.07, 6.45) is 2.42. The van der Waals surface area contributed by atoms with Crippen molar-refractivity contribution in [2.24, 2.45) is 0 Å². The van der Waals surface area contributed by atoms with Crippen LogP contribution in [0, 0.1) is 0 Å². The molecule has 1 aliphatic heterocycles. The lowest BCUT2D eigenvalue weighted by Crippen LogP contribution is -2.38. The molecule has 29 heavy (non-hydrogen) atoms. The van der Waals surface area contributed by atoms with Gasteiger partial charge in [0.1, 0.15) is 5.75 Å². The normalized spacial score (nSPS) is 21.6. The average molecular weight is 454 g/mol. The lowest BCUT2D eigenvalue weighted by molar-refractivity contribution is -0.122. The van der Waals surface area contributed by atoms with E-state index in [1.165, 1.54) is 0 Å². The summed E-state index contributed by atoms with van der Waals surface area (Å²) < 4.78 is 6.61. The molecule has 0 saturated carbocycles. The fourth-order valence-electron chi connectivity index (χ4n) is 4.26. The summed E-state index contributed by atoms with van der Waals surface area (Å²) >= 11 is 3.50. The zero-order chi connectivity index (χ0) is 20.4. The molecule has 2 atom stereocenters. The predicted octanol–water partition coefficient (Wildman–Crippen LogP) is 5.24. The highest BCUT2D eigenvalue weighted by Crippen LogP contribution is 2.43. The lowest BCUT2D eigenvalue weighted by atomic mass is 9.73. The van der Waals surface area contributed by atoms with Crippen LogP contribution in [0.4, 0.5) is 0 Å². The third-order valence-electron chi connectivity index (χ3n) is 5.61. The Balaban J connectivity index is 1.61. The van der Waals surface area contributed by atoms with E-state index in [0.717, 1.165) is 39.0 Å². The summed E-state index contributed by atoms with van der Waals surface area (Å²) in [5, 5.41) is 2.99. The summed E-state index contributed by atoms with van der Waals surface area (Å²) in [6, 6.07) is 15.9. The number of benzene rings is 2. The molecule has 0 aromatic heterocycles. The van der Waals surface area contributed by atoms with Gasteiger partial charge in [-0.15, -0.1) is 0 Å². The number of halogens is 1. The first-order chi connectivity index (χ1) is 14.0. The van der Waals surface area contributed by atoms with Crippen molar-refractivity contribution in [3.63, 3.8) is 0 Å². The highest BCUT2D eigenvalue weighted by Gasteiger charge is 2.38. The fraction of sp³-hybridized carbons (Fsp3) is 0.333. The van der Waals surface area contributed by atoms with Crippen molar-refractivity contribution in [1.29, 1.82) is 0 Å². The second-order valence-corrected chi connectivity index (χ2v) is 8.61. The lowest BCUT2D eigenvalue weighted by Gasteiger charge is -2.34. The molecule has 1 N–H and O–H groups in total. The smallest absolute Gasteiger partial charge is 0.225 e. The summed E-state index contributed by atoms with van der Waals surface area (Å²) in [5.41, 5.74) is 3.68. The quantitative estimate of drug-likeness (QED) is 0.672. The Bertz CT molecular complexity index is 964. The number of Topliss-reactive ketones (excluding diaryl/α,β-unsaturated/α-hetero) is 1. The molecular weight excluding hydrogens is 430 g/mol. The molecule has 0 fully saturated rings. The van der Waals surface area contributed by atoms with Crippen LogP contribution >= 0.6 is 15.9 Å². The van der Waals surface area contributed by atoms with Gasteiger partial charge in [-0.3, -0.25) is 9.59 Å². The van der Waals surface area contributed by atoms with Crippen molar-refractivity contribution >= 4 is 27.6 Å². The van der Waals surface area contributed by atoms with Gasteiger partial charge < -0.3 is 10.1 Å². The maximum atomic E-state index is 13.2. The number of nitrogens with one attached hydrogen (secondary N) is 1. The number of ketones is 1. The van der Waals surface area contributed by atoms with Gasteiger partial charge in [-0.25, -0.2) is 0 Å². The Labute approximate surface area is 179 Å². The number of carbonyl (C=O) groups is 2. The van der Waals surface area contributed by atoms with E-state index in [1.54, 1.807) is 0 Å². The van der Waals surface area contributed by atoms with Gasteiger partial charge in [0.15, 0.2) is 5.78 Å². The van der Waals surface area contributed by atoms with E-state index in [9.17, 15) is 9.59 Å². The first-order valence-corrected chi connectivity index (χ1v) is 10.9. The second kappa shape index (κ2) is 8.54. The molecule has 150 valence electrons. The average Bonchev–Trinajstić information content (AvgIpc) is 2.71. The maximum Gasteiger partial charge on any atom is 0.225 e. The molecule has 5 heteroatoms. The van der Waals surface area contributed by atoms with E-state index in [0.29, 0.717) is 25.9 Å². The minimum absolute atomic E-state index is 0.0227. The van der Waals surface area contributed by atoms with Gasteiger partial charge in [0.05, 0.1) is 6.61 Å². The van der Waals surface area contributed by atoms with Gasteiger partial charge in [0.2, 0.25) is 5.91 Å². The van der Waals surface area contributed by atoms with Crippen molar-refractivity contribution in [2.45, 2.75) is 44.4 Å². The Kier molecular flexibility index (Phi) is 5.86. The van der Waals surface area contributed by atoms with Crippen LogP contribution in [0.25, 0.3) is 0 Å². The van der Waals surface area contributed by atoms with E-state index in [-0.39, 0.29) is 23.5 Å². The monoisotopic (exact) mass is 453 g/mol. The number of rotatable bonds is 5. The molecule has 4 rings (SSSR count). The molecule has 2 aromatic rings. The largest absolute Gasteiger partial charge is 0.494 e. The number of hydrogen-bond acceptors (Lipinski definition) is 3. The molecule has 2 aliphatic rings. The number of allylic oxidation sites excluding steroid dienone is 2. The molecule has 1 amide bonds. The van der Waals surface area contributed by atoms with Crippen LogP contribution in [-0.2, 0) is 9.59 Å². The molecule has 0 radical (unpaired) electrons. The molecule has 1 aliphatic carbocycles. The van der Waals surface area contributed by atoms with E-state index in [2.05, 4.69) is 28.2 Å². The minimum atomic E-state index is -0.172. The van der Waals surface area contributed by atoms with E-state index in [4.69, 9.17) is 4.74 Å². The van der Waals surface area contributed by atoms with Gasteiger partial charge in [-0.1, -0.05) is 47.1 Å². The number of hydrogen-bond donors (Lipinski definition) is 1. The zero-order valence-corrected chi connectivity index (χ0v) is 18.0. The van der Waals surface area contributed by atoms with Crippen molar-refractivity contribution in [3.05, 3.63) is 75.4 Å². The third-order valence-corrected chi connectivity index (χ3v) is 6.10. The highest BCUT2D eigenvalue weighted by molar-refractivity contribution is 9.10. The first-order valence-electron chi connectivity index (χ1n) is 10.1. The first kappa shape index (κ1) is 19.9. The summed E-state index contributed by atoms with van der Waals surface area (Å²) in [5.74, 6) is 0.855. The van der Waals surface area contributed by atoms with Crippen LogP contribution in [0.5, 0.6) is 5.75 Å². The molecule has 2 unspecified atom stereocenters. The molecule has 0 bridgehead atoms. The minimum Gasteiger partial charge on any atom is -0.494 e. The van der Waals surface area contributed by atoms with E-state index >= 15 is 0 Å². The van der Waals surface area contributed by atoms with E-state index < -0.39 is 0 Å². The van der Waals surface area contributed by atoms with Crippen molar-refractivity contribution in [2.75, 3.05) is 6.61 Å². The van der Waals surface area contributed by atoms with Gasteiger partial charge >= 0.3 is 0 Å². The van der Waals surface area contributed by atoms with E-state index in [1.807, 2.05) is 48.5 Å². The Morgan fingerprint density at radius 1 is 1.03 bits per heavy atom.